The van der Waals surface area contributed by atoms with Crippen LogP contribution in [0.15, 0.2) is 72.1 Å². The molecule has 0 fully saturated rings. The molecule has 2 N–H and O–H groups in total. The number of anilines is 3. The second-order valence-electron chi connectivity index (χ2n) is 13.2. The summed E-state index contributed by atoms with van der Waals surface area (Å²) in [7, 11) is 0. The van der Waals surface area contributed by atoms with Crippen LogP contribution in [0.2, 0.25) is 0 Å². The number of nitrogens with zero attached hydrogens (tertiary/aromatic N) is 2. The summed E-state index contributed by atoms with van der Waals surface area (Å²) in [6.45, 7) is 12.4. The van der Waals surface area contributed by atoms with Gasteiger partial charge in [-0.05, 0) is 95.5 Å². The zero-order valence-corrected chi connectivity index (χ0v) is 29.1. The molecule has 0 unspecified atom stereocenters. The fourth-order valence-electron chi connectivity index (χ4n) is 4.99. The molecule has 0 saturated heterocycles. The molecule has 260 valence electrons. The van der Waals surface area contributed by atoms with E-state index in [1.807, 2.05) is 20.8 Å². The molecule has 9 nitrogen and oxygen atoms in total. The Bertz CT molecular complexity index is 1790. The van der Waals surface area contributed by atoms with Gasteiger partial charge in [0.15, 0.2) is 5.13 Å². The van der Waals surface area contributed by atoms with E-state index in [0.29, 0.717) is 34.1 Å². The normalized spacial score (nSPS) is 11.9. The molecule has 13 heteroatoms. The van der Waals surface area contributed by atoms with Crippen LogP contribution in [0.1, 0.15) is 68.7 Å². The predicted octanol–water partition coefficient (Wildman–Crippen LogP) is 9.72. The number of carbonyl (C=O) groups is 3. The van der Waals surface area contributed by atoms with Crippen LogP contribution >= 0.6 is 11.3 Å². The molecule has 0 aliphatic heterocycles. The van der Waals surface area contributed by atoms with E-state index in [9.17, 15) is 27.6 Å². The monoisotopic (exact) mass is 696 g/mol. The second kappa shape index (κ2) is 14.7. The molecule has 49 heavy (non-hydrogen) atoms. The number of nitrogens with one attached hydrogen (secondary N) is 2. The lowest BCUT2D eigenvalue weighted by Gasteiger charge is -2.34. The maximum atomic E-state index is 14.1. The van der Waals surface area contributed by atoms with Crippen molar-refractivity contribution in [1.29, 1.82) is 0 Å². The third-order valence-electron chi connectivity index (χ3n) is 6.99. The minimum Gasteiger partial charge on any atom is -0.449 e. The summed E-state index contributed by atoms with van der Waals surface area (Å²) in [6, 6.07) is 16.9. The first-order valence-corrected chi connectivity index (χ1v) is 16.3. The summed E-state index contributed by atoms with van der Waals surface area (Å²) in [5.74, 6) is -0.916. The summed E-state index contributed by atoms with van der Waals surface area (Å²) in [5, 5.41) is 7.28. The predicted molar refractivity (Wildman–Crippen MR) is 185 cm³/mol. The number of hydrogen-bond acceptors (Lipinski definition) is 7. The first kappa shape index (κ1) is 36.9. The SMILES string of the molecule is Cc1ccc(C(F)(F)F)c(C(=O)Nc2ccc(N(C(=O)OCCc3csc(NC(=O)OC(C)(C)C)n3)C(C)(C)C)cc2)c1-c1ccccc1. The van der Waals surface area contributed by atoms with E-state index in [-0.39, 0.29) is 17.9 Å². The minimum atomic E-state index is -4.76. The molecular formula is C36H39F3N4O5S. The molecule has 3 amide bonds. The van der Waals surface area contributed by atoms with E-state index < -0.39 is 46.5 Å². The zero-order chi connectivity index (χ0) is 36.1. The number of ether oxygens (including phenoxy) is 2. The van der Waals surface area contributed by atoms with Crippen molar-refractivity contribution in [3.63, 3.8) is 0 Å². The van der Waals surface area contributed by atoms with Crippen molar-refractivity contribution in [2.45, 2.75) is 72.2 Å². The average molecular weight is 697 g/mol. The fourth-order valence-corrected chi connectivity index (χ4v) is 5.72. The molecule has 0 radical (unpaired) electrons. The van der Waals surface area contributed by atoms with Crippen molar-refractivity contribution >= 4 is 45.9 Å². The van der Waals surface area contributed by atoms with E-state index in [2.05, 4.69) is 15.6 Å². The Hall–Kier alpha value is -4.91. The topological polar surface area (TPSA) is 110 Å². The van der Waals surface area contributed by atoms with Crippen LogP contribution in [0.5, 0.6) is 0 Å². The van der Waals surface area contributed by atoms with Crippen molar-refractivity contribution in [3.05, 3.63) is 94.5 Å². The summed E-state index contributed by atoms with van der Waals surface area (Å²) in [6.07, 6.45) is -5.72. The van der Waals surface area contributed by atoms with Crippen LogP contribution < -0.4 is 15.5 Å². The van der Waals surface area contributed by atoms with Crippen LogP contribution in [-0.4, -0.2) is 40.8 Å². The molecule has 4 rings (SSSR count). The maximum Gasteiger partial charge on any atom is 0.417 e. The third-order valence-corrected chi connectivity index (χ3v) is 7.80. The Morgan fingerprint density at radius 3 is 2.12 bits per heavy atom. The Labute approximate surface area is 287 Å². The Morgan fingerprint density at radius 2 is 1.53 bits per heavy atom. The molecule has 1 aromatic heterocycles. The molecule has 1 heterocycles. The third kappa shape index (κ3) is 9.82. The molecule has 0 aliphatic rings. The molecule has 3 aromatic carbocycles. The average Bonchev–Trinajstić information content (AvgIpc) is 3.42. The number of benzene rings is 3. The van der Waals surface area contributed by atoms with Gasteiger partial charge in [-0.3, -0.25) is 15.0 Å². The van der Waals surface area contributed by atoms with E-state index in [1.165, 1.54) is 34.4 Å². The lowest BCUT2D eigenvalue weighted by molar-refractivity contribution is -0.137. The quantitative estimate of drug-likeness (QED) is 0.190. The van der Waals surface area contributed by atoms with Gasteiger partial charge in [-0.15, -0.1) is 11.3 Å². The highest BCUT2D eigenvalue weighted by Gasteiger charge is 2.37. The van der Waals surface area contributed by atoms with Gasteiger partial charge in [0, 0.05) is 28.7 Å². The van der Waals surface area contributed by atoms with Crippen LogP contribution in [0, 0.1) is 6.92 Å². The number of aryl methyl sites for hydroxylation is 1. The van der Waals surface area contributed by atoms with E-state index in [1.54, 1.807) is 75.5 Å². The minimum absolute atomic E-state index is 0.0109. The van der Waals surface area contributed by atoms with E-state index in [4.69, 9.17) is 9.47 Å². The van der Waals surface area contributed by atoms with Gasteiger partial charge in [0.1, 0.15) is 5.60 Å². The standard InChI is InChI=1S/C36H39F3N4O5S/c1-22-13-18-27(36(37,38)39)29(28(22)23-11-9-8-10-12-23)30(44)40-24-14-16-26(17-15-24)43(34(2,3)4)33(46)47-20-19-25-21-49-31(41-25)42-32(45)48-35(5,6)7/h8-18,21H,19-20H2,1-7H3,(H,40,44)(H,41,42,45). The molecule has 0 saturated carbocycles. The highest BCUT2D eigenvalue weighted by Crippen LogP contribution is 2.39. The Kier molecular flexibility index (Phi) is 11.1. The van der Waals surface area contributed by atoms with Crippen molar-refractivity contribution in [2.24, 2.45) is 0 Å². The second-order valence-corrected chi connectivity index (χ2v) is 14.0. The van der Waals surface area contributed by atoms with E-state index >= 15 is 0 Å². The number of amides is 3. The smallest absolute Gasteiger partial charge is 0.417 e. The van der Waals surface area contributed by atoms with Gasteiger partial charge in [-0.1, -0.05) is 36.4 Å². The first-order chi connectivity index (χ1) is 22.8. The molecule has 0 atom stereocenters. The number of aromatic nitrogens is 1. The number of rotatable bonds is 8. The van der Waals surface area contributed by atoms with Crippen LogP contribution in [0.3, 0.4) is 0 Å². The Balaban J connectivity index is 1.47. The summed E-state index contributed by atoms with van der Waals surface area (Å²) >= 11 is 1.22. The van der Waals surface area contributed by atoms with Crippen molar-refractivity contribution in [1.82, 2.24) is 4.98 Å². The highest BCUT2D eigenvalue weighted by molar-refractivity contribution is 7.13. The molecule has 4 aromatic rings. The van der Waals surface area contributed by atoms with Crippen molar-refractivity contribution in [3.8, 4) is 11.1 Å². The lowest BCUT2D eigenvalue weighted by Crippen LogP contribution is -2.46. The molecule has 0 aliphatic carbocycles. The molecular weight excluding hydrogens is 657 g/mol. The summed E-state index contributed by atoms with van der Waals surface area (Å²) in [4.78, 5) is 44.6. The fraction of sp³-hybridized carbons (Fsp3) is 0.333. The van der Waals surface area contributed by atoms with Gasteiger partial charge in [0.05, 0.1) is 23.4 Å². The number of carbonyl (C=O) groups excluding carboxylic acids is 3. The maximum absolute atomic E-state index is 14.1. The van der Waals surface area contributed by atoms with Gasteiger partial charge < -0.3 is 14.8 Å². The van der Waals surface area contributed by atoms with Gasteiger partial charge in [-0.25, -0.2) is 14.6 Å². The van der Waals surface area contributed by atoms with Gasteiger partial charge in [-0.2, -0.15) is 13.2 Å². The van der Waals surface area contributed by atoms with Crippen LogP contribution in [-0.2, 0) is 22.1 Å². The first-order valence-electron chi connectivity index (χ1n) is 15.4. The zero-order valence-electron chi connectivity index (χ0n) is 28.3. The summed E-state index contributed by atoms with van der Waals surface area (Å²) < 4.78 is 53.2. The van der Waals surface area contributed by atoms with E-state index in [0.717, 1.165) is 6.07 Å². The number of halogens is 3. The van der Waals surface area contributed by atoms with Crippen molar-refractivity contribution in [2.75, 3.05) is 22.1 Å². The van der Waals surface area contributed by atoms with Crippen molar-refractivity contribution < 1.29 is 37.0 Å². The number of thiazole rings is 1. The van der Waals surface area contributed by atoms with Crippen LogP contribution in [0.25, 0.3) is 11.1 Å². The van der Waals surface area contributed by atoms with Gasteiger partial charge in [0.25, 0.3) is 5.91 Å². The highest BCUT2D eigenvalue weighted by atomic mass is 32.1. The van der Waals surface area contributed by atoms with Gasteiger partial charge >= 0.3 is 18.4 Å². The van der Waals surface area contributed by atoms with Crippen LogP contribution in [0.4, 0.5) is 39.3 Å². The number of hydrogen-bond donors (Lipinski definition) is 2. The molecule has 0 spiro atoms. The number of alkyl halides is 3. The molecule has 0 bridgehead atoms. The largest absolute Gasteiger partial charge is 0.449 e. The Morgan fingerprint density at radius 1 is 0.878 bits per heavy atom. The van der Waals surface area contributed by atoms with Gasteiger partial charge in [0.2, 0.25) is 0 Å². The lowest BCUT2D eigenvalue weighted by atomic mass is 9.90. The summed E-state index contributed by atoms with van der Waals surface area (Å²) in [5.41, 5.74) is -0.389.